The molecule has 0 bridgehead atoms. The normalized spacial score (nSPS) is 10.8. The van der Waals surface area contributed by atoms with E-state index in [0.29, 0.717) is 4.96 Å². The summed E-state index contributed by atoms with van der Waals surface area (Å²) in [5.74, 6) is -1.45. The highest BCUT2D eigenvalue weighted by molar-refractivity contribution is 8.00. The molecule has 0 amide bonds. The van der Waals surface area contributed by atoms with Gasteiger partial charge in [0, 0.05) is 5.38 Å². The van der Waals surface area contributed by atoms with Gasteiger partial charge in [0.05, 0.1) is 5.75 Å². The van der Waals surface area contributed by atoms with Crippen molar-refractivity contribution in [3.8, 4) is 0 Å². The van der Waals surface area contributed by atoms with E-state index in [4.69, 9.17) is 5.11 Å². The lowest BCUT2D eigenvalue weighted by atomic mass is 10.7. The predicted molar refractivity (Wildman–Crippen MR) is 58.1 cm³/mol. The van der Waals surface area contributed by atoms with Crippen molar-refractivity contribution < 1.29 is 14.8 Å². The maximum absolute atomic E-state index is 10.8. The Kier molecular flexibility index (Phi) is 2.79. The number of thiazole rings is 1. The topological polar surface area (TPSA) is 97.7 Å². The number of carboxylic acids is 1. The van der Waals surface area contributed by atoms with Crippen molar-refractivity contribution in [2.75, 3.05) is 5.75 Å². The molecule has 2 aromatic rings. The highest BCUT2D eigenvalue weighted by atomic mass is 32.2. The van der Waals surface area contributed by atoms with Crippen LogP contribution in [0.1, 0.15) is 0 Å². The molecule has 2 heterocycles. The Morgan fingerprint density at radius 1 is 1.75 bits per heavy atom. The Labute approximate surface area is 96.9 Å². The summed E-state index contributed by atoms with van der Waals surface area (Å²) < 4.78 is 1.34. The van der Waals surface area contributed by atoms with Gasteiger partial charge in [0.15, 0.2) is 5.03 Å². The number of aromatic nitrogens is 2. The minimum Gasteiger partial charge on any atom is -0.481 e. The van der Waals surface area contributed by atoms with Crippen molar-refractivity contribution in [2.24, 2.45) is 0 Å². The van der Waals surface area contributed by atoms with Crippen LogP contribution in [0.2, 0.25) is 0 Å². The fraction of sp³-hybridized carbons (Fsp3) is 0.143. The van der Waals surface area contributed by atoms with Crippen LogP contribution in [0.25, 0.3) is 4.96 Å². The summed E-state index contributed by atoms with van der Waals surface area (Å²) in [5.41, 5.74) is 0. The number of rotatable bonds is 4. The van der Waals surface area contributed by atoms with Gasteiger partial charge >= 0.3 is 11.8 Å². The van der Waals surface area contributed by atoms with E-state index >= 15 is 0 Å². The van der Waals surface area contributed by atoms with E-state index in [1.165, 1.54) is 21.9 Å². The van der Waals surface area contributed by atoms with Crippen LogP contribution in [0.3, 0.4) is 0 Å². The van der Waals surface area contributed by atoms with Crippen LogP contribution >= 0.6 is 23.1 Å². The van der Waals surface area contributed by atoms with E-state index in [9.17, 15) is 14.9 Å². The summed E-state index contributed by atoms with van der Waals surface area (Å²) in [4.78, 5) is 25.1. The van der Waals surface area contributed by atoms with Gasteiger partial charge in [-0.2, -0.15) is 9.38 Å². The van der Waals surface area contributed by atoms with E-state index in [1.807, 2.05) is 0 Å². The molecule has 7 nitrogen and oxygen atoms in total. The van der Waals surface area contributed by atoms with Crippen molar-refractivity contribution in [2.45, 2.75) is 5.03 Å². The first-order valence-corrected chi connectivity index (χ1v) is 5.90. The third-order valence-electron chi connectivity index (χ3n) is 1.71. The average molecular weight is 259 g/mol. The maximum atomic E-state index is 10.8. The monoisotopic (exact) mass is 259 g/mol. The molecule has 9 heteroatoms. The average Bonchev–Trinajstić information content (AvgIpc) is 2.71. The lowest BCUT2D eigenvalue weighted by molar-refractivity contribution is -0.393. The number of thioether (sulfide) groups is 1. The molecule has 0 fully saturated rings. The minimum atomic E-state index is -1.03. The van der Waals surface area contributed by atoms with Gasteiger partial charge in [-0.1, -0.05) is 23.1 Å². The SMILES string of the molecule is O=C(O)CSc1nc2sccn2c1[N+](=O)[O-]. The van der Waals surface area contributed by atoms with Crippen molar-refractivity contribution in [1.29, 1.82) is 0 Å². The second-order valence-electron chi connectivity index (χ2n) is 2.74. The molecule has 0 radical (unpaired) electrons. The zero-order valence-electron chi connectivity index (χ0n) is 7.69. The molecule has 0 aromatic carbocycles. The van der Waals surface area contributed by atoms with Gasteiger partial charge < -0.3 is 15.2 Å². The molecular formula is C7H5N3O4S2. The number of hydrogen-bond acceptors (Lipinski definition) is 6. The smallest absolute Gasteiger partial charge is 0.362 e. The Hall–Kier alpha value is -1.61. The van der Waals surface area contributed by atoms with Gasteiger partial charge in [-0.3, -0.25) is 4.79 Å². The van der Waals surface area contributed by atoms with Crippen LogP contribution < -0.4 is 0 Å². The fourth-order valence-corrected chi connectivity index (χ4v) is 2.63. The molecule has 0 saturated heterocycles. The van der Waals surface area contributed by atoms with Crippen LogP contribution in [0.4, 0.5) is 5.82 Å². The zero-order valence-corrected chi connectivity index (χ0v) is 9.32. The van der Waals surface area contributed by atoms with Crippen LogP contribution in [0.15, 0.2) is 16.6 Å². The Balaban J connectivity index is 2.43. The van der Waals surface area contributed by atoms with Crippen molar-refractivity contribution in [3.63, 3.8) is 0 Å². The van der Waals surface area contributed by atoms with Gasteiger partial charge in [0.25, 0.3) is 4.96 Å². The Morgan fingerprint density at radius 3 is 3.12 bits per heavy atom. The van der Waals surface area contributed by atoms with Crippen LogP contribution in [-0.4, -0.2) is 31.1 Å². The fourth-order valence-electron chi connectivity index (χ4n) is 1.15. The van der Waals surface area contributed by atoms with E-state index in [1.54, 1.807) is 5.38 Å². The van der Waals surface area contributed by atoms with E-state index in [0.717, 1.165) is 11.8 Å². The van der Waals surface area contributed by atoms with Crippen molar-refractivity contribution >= 4 is 39.8 Å². The van der Waals surface area contributed by atoms with Gasteiger partial charge in [-0.25, -0.2) is 0 Å². The minimum absolute atomic E-state index is 0.138. The van der Waals surface area contributed by atoms with Crippen LogP contribution in [-0.2, 0) is 4.79 Å². The molecule has 0 aliphatic carbocycles. The number of carbonyl (C=O) groups is 1. The third-order valence-corrected chi connectivity index (χ3v) is 3.41. The molecular weight excluding hydrogens is 254 g/mol. The number of imidazole rings is 1. The molecule has 0 aliphatic heterocycles. The summed E-state index contributed by atoms with van der Waals surface area (Å²) in [7, 11) is 0. The Morgan fingerprint density at radius 2 is 2.50 bits per heavy atom. The van der Waals surface area contributed by atoms with E-state index in [2.05, 4.69) is 4.98 Å². The van der Waals surface area contributed by atoms with Gasteiger partial charge in [-0.15, -0.1) is 0 Å². The largest absolute Gasteiger partial charge is 0.481 e. The summed E-state index contributed by atoms with van der Waals surface area (Å²) in [6.07, 6.45) is 1.54. The number of nitro groups is 1. The molecule has 0 aliphatic rings. The Bertz CT molecular complexity index is 561. The van der Waals surface area contributed by atoms with Crippen molar-refractivity contribution in [1.82, 2.24) is 9.38 Å². The second kappa shape index (κ2) is 4.10. The molecule has 2 aromatic heterocycles. The second-order valence-corrected chi connectivity index (χ2v) is 4.57. The summed E-state index contributed by atoms with van der Waals surface area (Å²) in [6.45, 7) is 0. The molecule has 0 spiro atoms. The van der Waals surface area contributed by atoms with Crippen LogP contribution in [0, 0.1) is 10.1 Å². The summed E-state index contributed by atoms with van der Waals surface area (Å²) >= 11 is 2.11. The molecule has 84 valence electrons. The molecule has 0 unspecified atom stereocenters. The zero-order chi connectivity index (χ0) is 11.7. The number of aliphatic carboxylic acids is 1. The van der Waals surface area contributed by atoms with Gasteiger partial charge in [0.2, 0.25) is 0 Å². The number of hydrogen-bond donors (Lipinski definition) is 1. The van der Waals surface area contributed by atoms with Gasteiger partial charge in [-0.05, 0) is 4.92 Å². The summed E-state index contributed by atoms with van der Waals surface area (Å²) in [5, 5.41) is 21.2. The number of nitrogens with zero attached hydrogens (tertiary/aromatic N) is 3. The molecule has 0 atom stereocenters. The van der Waals surface area contributed by atoms with Crippen molar-refractivity contribution in [3.05, 3.63) is 21.7 Å². The highest BCUT2D eigenvalue weighted by Crippen LogP contribution is 2.31. The lowest BCUT2D eigenvalue weighted by Crippen LogP contribution is -1.99. The number of fused-ring (bicyclic) bond motifs is 1. The maximum Gasteiger partial charge on any atom is 0.362 e. The molecule has 1 N–H and O–H groups in total. The van der Waals surface area contributed by atoms with Crippen LogP contribution in [0.5, 0.6) is 0 Å². The van der Waals surface area contributed by atoms with E-state index < -0.39 is 10.9 Å². The highest BCUT2D eigenvalue weighted by Gasteiger charge is 2.24. The first kappa shape index (κ1) is 10.9. The molecule has 0 saturated carbocycles. The van der Waals surface area contributed by atoms with Gasteiger partial charge in [0.1, 0.15) is 6.20 Å². The third kappa shape index (κ3) is 1.86. The quantitative estimate of drug-likeness (QED) is 0.507. The lowest BCUT2D eigenvalue weighted by Gasteiger charge is -1.95. The molecule has 2 rings (SSSR count). The number of carboxylic acid groups (broad SMARTS) is 1. The standard InChI is InChI=1S/C7H5N3O4S2/c11-4(12)3-16-5-6(10(13)14)9-1-2-15-7(9)8-5/h1-2H,3H2,(H,11,12). The first-order chi connectivity index (χ1) is 7.59. The first-order valence-electron chi connectivity index (χ1n) is 4.04. The summed E-state index contributed by atoms with van der Waals surface area (Å²) in [6, 6.07) is 0. The van der Waals surface area contributed by atoms with E-state index in [-0.39, 0.29) is 16.6 Å². The molecule has 16 heavy (non-hydrogen) atoms. The predicted octanol–water partition coefficient (Wildman–Crippen LogP) is 1.48.